The van der Waals surface area contributed by atoms with Crippen LogP contribution in [0.3, 0.4) is 0 Å². The van der Waals surface area contributed by atoms with E-state index in [1.807, 2.05) is 60.7 Å². The first-order valence-corrected chi connectivity index (χ1v) is 8.94. The first-order valence-electron chi connectivity index (χ1n) is 8.94. The molecule has 6 nitrogen and oxygen atoms in total. The van der Waals surface area contributed by atoms with Gasteiger partial charge in [-0.3, -0.25) is 9.59 Å². The van der Waals surface area contributed by atoms with Crippen molar-refractivity contribution >= 4 is 16.8 Å². The number of carbonyl (C=O) groups is 1. The molecule has 1 amide bonds. The number of amides is 1. The molecule has 0 saturated heterocycles. The molecule has 1 heterocycles. The van der Waals surface area contributed by atoms with Crippen LogP contribution in [0.4, 0.5) is 0 Å². The summed E-state index contributed by atoms with van der Waals surface area (Å²) in [6, 6.07) is 26.0. The number of carbonyl (C=O) groups excluding carboxylic acids is 1. The summed E-state index contributed by atoms with van der Waals surface area (Å²) in [6.07, 6.45) is 0. The second-order valence-electron chi connectivity index (χ2n) is 6.39. The summed E-state index contributed by atoms with van der Waals surface area (Å²) < 4.78 is 1.09. The molecule has 4 aromatic rings. The van der Waals surface area contributed by atoms with E-state index in [0.29, 0.717) is 10.9 Å². The zero-order chi connectivity index (χ0) is 19.3. The number of nitrogens with zero attached hydrogens (tertiary/aromatic N) is 3. The van der Waals surface area contributed by atoms with E-state index >= 15 is 0 Å². The van der Waals surface area contributed by atoms with E-state index in [2.05, 4.69) is 15.6 Å². The van der Waals surface area contributed by atoms with Gasteiger partial charge < -0.3 is 5.32 Å². The Morgan fingerprint density at radius 2 is 1.43 bits per heavy atom. The highest BCUT2D eigenvalue weighted by atomic mass is 16.2. The number of aromatic nitrogens is 3. The fourth-order valence-electron chi connectivity index (χ4n) is 3.12. The van der Waals surface area contributed by atoms with Gasteiger partial charge in [-0.15, -0.1) is 5.10 Å². The van der Waals surface area contributed by atoms with Crippen molar-refractivity contribution in [1.82, 2.24) is 20.3 Å². The maximum atomic E-state index is 12.7. The van der Waals surface area contributed by atoms with Gasteiger partial charge in [-0.1, -0.05) is 78.0 Å². The van der Waals surface area contributed by atoms with Gasteiger partial charge in [0.15, 0.2) is 0 Å². The zero-order valence-electron chi connectivity index (χ0n) is 15.0. The summed E-state index contributed by atoms with van der Waals surface area (Å²) in [5.74, 6) is -0.315. The first kappa shape index (κ1) is 17.6. The molecule has 0 spiro atoms. The zero-order valence-corrected chi connectivity index (χ0v) is 15.0. The number of rotatable bonds is 5. The van der Waals surface area contributed by atoms with Crippen molar-refractivity contribution in [2.24, 2.45) is 0 Å². The Bertz CT molecular complexity index is 1120. The molecule has 138 valence electrons. The second kappa shape index (κ2) is 7.84. The van der Waals surface area contributed by atoms with Gasteiger partial charge in [0.1, 0.15) is 12.1 Å². The molecule has 0 bridgehead atoms. The van der Waals surface area contributed by atoms with Gasteiger partial charge in [0.2, 0.25) is 5.91 Å². The molecular formula is C22H18N4O2. The third-order valence-electron chi connectivity index (χ3n) is 4.49. The van der Waals surface area contributed by atoms with Gasteiger partial charge in [0.25, 0.3) is 5.56 Å². The van der Waals surface area contributed by atoms with Crippen LogP contribution in [0.15, 0.2) is 89.7 Å². The Hall–Kier alpha value is -3.80. The molecule has 3 aromatic carbocycles. The molecular weight excluding hydrogens is 352 g/mol. The van der Waals surface area contributed by atoms with E-state index in [0.717, 1.165) is 15.8 Å². The summed E-state index contributed by atoms with van der Waals surface area (Å²) in [6.45, 7) is -0.202. The van der Waals surface area contributed by atoms with Gasteiger partial charge in [0.05, 0.1) is 11.4 Å². The van der Waals surface area contributed by atoms with Gasteiger partial charge in [0, 0.05) is 0 Å². The number of hydrogen-bond acceptors (Lipinski definition) is 4. The molecule has 0 saturated carbocycles. The number of nitrogens with one attached hydrogen (secondary N) is 1. The quantitative estimate of drug-likeness (QED) is 0.586. The van der Waals surface area contributed by atoms with Crippen LogP contribution in [0.2, 0.25) is 0 Å². The third kappa shape index (κ3) is 3.66. The molecule has 1 N–H and O–H groups in total. The molecule has 0 unspecified atom stereocenters. The van der Waals surface area contributed by atoms with Crippen LogP contribution in [-0.2, 0) is 11.3 Å². The highest BCUT2D eigenvalue weighted by Gasteiger charge is 2.18. The van der Waals surface area contributed by atoms with Crippen molar-refractivity contribution in [3.8, 4) is 0 Å². The lowest BCUT2D eigenvalue weighted by atomic mass is 9.99. The maximum absolute atomic E-state index is 12.7. The smallest absolute Gasteiger partial charge is 0.278 e. The molecule has 0 atom stereocenters. The maximum Gasteiger partial charge on any atom is 0.278 e. The van der Waals surface area contributed by atoms with Gasteiger partial charge in [-0.05, 0) is 23.3 Å². The van der Waals surface area contributed by atoms with Crippen LogP contribution >= 0.6 is 0 Å². The second-order valence-corrected chi connectivity index (χ2v) is 6.39. The Kier molecular flexibility index (Phi) is 4.93. The predicted octanol–water partition coefficient (Wildman–Crippen LogP) is 2.70. The predicted molar refractivity (Wildman–Crippen MR) is 107 cm³/mol. The SMILES string of the molecule is O=C(Cn1nnc2ccccc2c1=O)NC(c1ccccc1)c1ccccc1. The average molecular weight is 370 g/mol. The standard InChI is InChI=1S/C22H18N4O2/c27-20(15-26-22(28)18-13-7-8-14-19(18)24-25-26)23-21(16-9-3-1-4-10-16)17-11-5-2-6-12-17/h1-14,21H,15H2,(H,23,27). The summed E-state index contributed by atoms with van der Waals surface area (Å²) in [4.78, 5) is 25.3. The lowest BCUT2D eigenvalue weighted by molar-refractivity contribution is -0.122. The highest BCUT2D eigenvalue weighted by Crippen LogP contribution is 2.21. The molecule has 0 fully saturated rings. The normalized spacial score (nSPS) is 10.9. The lowest BCUT2D eigenvalue weighted by Gasteiger charge is -2.20. The summed E-state index contributed by atoms with van der Waals surface area (Å²) in [7, 11) is 0. The van der Waals surface area contributed by atoms with Crippen LogP contribution < -0.4 is 10.9 Å². The summed E-state index contributed by atoms with van der Waals surface area (Å²) in [5, 5.41) is 11.4. The molecule has 4 rings (SSSR count). The van der Waals surface area contributed by atoms with Crippen molar-refractivity contribution in [3.63, 3.8) is 0 Å². The summed E-state index contributed by atoms with van der Waals surface area (Å²) in [5.41, 5.74) is 2.09. The van der Waals surface area contributed by atoms with Crippen LogP contribution in [0, 0.1) is 0 Å². The van der Waals surface area contributed by atoms with E-state index in [4.69, 9.17) is 0 Å². The molecule has 0 aliphatic carbocycles. The highest BCUT2D eigenvalue weighted by molar-refractivity contribution is 5.78. The average Bonchev–Trinajstić information content (AvgIpc) is 2.75. The molecule has 0 radical (unpaired) electrons. The van der Waals surface area contributed by atoms with Crippen LogP contribution in [0.25, 0.3) is 10.9 Å². The first-order chi connectivity index (χ1) is 13.7. The Balaban J connectivity index is 1.60. The number of hydrogen-bond donors (Lipinski definition) is 1. The Morgan fingerprint density at radius 1 is 0.857 bits per heavy atom. The van der Waals surface area contributed by atoms with E-state index in [1.54, 1.807) is 24.3 Å². The van der Waals surface area contributed by atoms with Crippen LogP contribution in [-0.4, -0.2) is 20.9 Å². The number of fused-ring (bicyclic) bond motifs is 1. The van der Waals surface area contributed by atoms with Crippen LogP contribution in [0.5, 0.6) is 0 Å². The minimum Gasteiger partial charge on any atom is -0.344 e. The molecule has 0 aliphatic heterocycles. The van der Waals surface area contributed by atoms with Crippen molar-refractivity contribution in [1.29, 1.82) is 0 Å². The summed E-state index contributed by atoms with van der Waals surface area (Å²) >= 11 is 0. The largest absolute Gasteiger partial charge is 0.344 e. The van der Waals surface area contributed by atoms with Gasteiger partial charge in [-0.25, -0.2) is 4.68 Å². The van der Waals surface area contributed by atoms with Crippen LogP contribution in [0.1, 0.15) is 17.2 Å². The minimum atomic E-state index is -0.336. The monoisotopic (exact) mass is 370 g/mol. The molecule has 28 heavy (non-hydrogen) atoms. The van der Waals surface area contributed by atoms with Crippen molar-refractivity contribution in [3.05, 3.63) is 106 Å². The lowest BCUT2D eigenvalue weighted by Crippen LogP contribution is -2.36. The topological polar surface area (TPSA) is 76.9 Å². The van der Waals surface area contributed by atoms with E-state index in [1.165, 1.54) is 0 Å². The van der Waals surface area contributed by atoms with Crippen molar-refractivity contribution in [2.45, 2.75) is 12.6 Å². The Morgan fingerprint density at radius 3 is 2.07 bits per heavy atom. The molecule has 1 aromatic heterocycles. The number of benzene rings is 3. The fraction of sp³-hybridized carbons (Fsp3) is 0.0909. The molecule has 0 aliphatic rings. The van der Waals surface area contributed by atoms with Crippen molar-refractivity contribution in [2.75, 3.05) is 0 Å². The van der Waals surface area contributed by atoms with E-state index < -0.39 is 0 Å². The van der Waals surface area contributed by atoms with Gasteiger partial charge >= 0.3 is 0 Å². The van der Waals surface area contributed by atoms with Crippen molar-refractivity contribution < 1.29 is 4.79 Å². The van der Waals surface area contributed by atoms with E-state index in [9.17, 15) is 9.59 Å². The third-order valence-corrected chi connectivity index (χ3v) is 4.49. The fourth-order valence-corrected chi connectivity index (χ4v) is 3.12. The molecule has 6 heteroatoms. The Labute approximate surface area is 161 Å². The van der Waals surface area contributed by atoms with Gasteiger partial charge in [-0.2, -0.15) is 0 Å². The minimum absolute atomic E-state index is 0.202. The van der Waals surface area contributed by atoms with E-state index in [-0.39, 0.29) is 24.1 Å².